The molecule has 1 aliphatic heterocycles. The van der Waals surface area contributed by atoms with Gasteiger partial charge in [0.05, 0.1) is 46.9 Å². The summed E-state index contributed by atoms with van der Waals surface area (Å²) in [7, 11) is 8.25. The number of nitrogens with zero attached hydrogens (tertiary/aromatic N) is 4. The Labute approximate surface area is 301 Å². The molecule has 0 N–H and O–H groups in total. The van der Waals surface area contributed by atoms with Gasteiger partial charge in [-0.1, -0.05) is 30.3 Å². The molecule has 6 rings (SSSR count). The molecule has 3 heterocycles. The summed E-state index contributed by atoms with van der Waals surface area (Å²) in [5.41, 5.74) is 8.41. The van der Waals surface area contributed by atoms with E-state index in [9.17, 15) is 0 Å². The molecular weight excluding hydrogens is 640 g/mol. The van der Waals surface area contributed by atoms with Crippen molar-refractivity contribution >= 4 is 0 Å². The van der Waals surface area contributed by atoms with Gasteiger partial charge in [0.1, 0.15) is 11.5 Å². The number of likely N-dealkylation sites (tertiary alicyclic amines) is 1. The van der Waals surface area contributed by atoms with Crippen LogP contribution in [0.15, 0.2) is 91.3 Å². The fourth-order valence-electron chi connectivity index (χ4n) is 6.99. The Balaban J connectivity index is 1.17. The van der Waals surface area contributed by atoms with Crippen molar-refractivity contribution in [3.05, 3.63) is 114 Å². The lowest BCUT2D eigenvalue weighted by Gasteiger charge is -2.39. The van der Waals surface area contributed by atoms with Crippen LogP contribution in [0.25, 0.3) is 22.5 Å². The first-order chi connectivity index (χ1) is 24.9. The van der Waals surface area contributed by atoms with Gasteiger partial charge in [0, 0.05) is 54.8 Å². The Hall–Kier alpha value is -5.12. The van der Waals surface area contributed by atoms with Crippen LogP contribution in [0.3, 0.4) is 0 Å². The highest BCUT2D eigenvalue weighted by Crippen LogP contribution is 2.41. The third-order valence-corrected chi connectivity index (χ3v) is 9.75. The van der Waals surface area contributed by atoms with E-state index in [-0.39, 0.29) is 0 Å². The van der Waals surface area contributed by atoms with Gasteiger partial charge in [-0.25, -0.2) is 0 Å². The van der Waals surface area contributed by atoms with E-state index < -0.39 is 0 Å². The van der Waals surface area contributed by atoms with Gasteiger partial charge >= 0.3 is 0 Å². The summed E-state index contributed by atoms with van der Waals surface area (Å²) in [4.78, 5) is 14.6. The van der Waals surface area contributed by atoms with E-state index in [1.54, 1.807) is 35.5 Å². The molecule has 0 spiro atoms. The Morgan fingerprint density at radius 3 is 1.67 bits per heavy atom. The number of hydrogen-bond donors (Lipinski definition) is 0. The fourth-order valence-corrected chi connectivity index (χ4v) is 6.99. The van der Waals surface area contributed by atoms with E-state index >= 15 is 0 Å². The van der Waals surface area contributed by atoms with E-state index in [1.807, 2.05) is 43.6 Å². The van der Waals surface area contributed by atoms with Crippen LogP contribution in [0.4, 0.5) is 0 Å². The molecular formula is C42H48N4O5. The summed E-state index contributed by atoms with van der Waals surface area (Å²) in [6, 6.07) is 27.8. The Morgan fingerprint density at radius 2 is 1.12 bits per heavy atom. The quantitative estimate of drug-likeness (QED) is 0.116. The molecule has 266 valence electrons. The molecule has 0 saturated carbocycles. The summed E-state index contributed by atoms with van der Waals surface area (Å²) < 4.78 is 28.0. The largest absolute Gasteiger partial charge is 0.496 e. The predicted octanol–water partition coefficient (Wildman–Crippen LogP) is 7.83. The topological polar surface area (TPSA) is 78.4 Å². The van der Waals surface area contributed by atoms with Crippen molar-refractivity contribution in [1.29, 1.82) is 0 Å². The number of rotatable bonds is 14. The summed E-state index contributed by atoms with van der Waals surface area (Å²) in [5.74, 6) is 3.37. The van der Waals surface area contributed by atoms with Gasteiger partial charge < -0.3 is 23.7 Å². The monoisotopic (exact) mass is 688 g/mol. The molecule has 9 heteroatoms. The van der Waals surface area contributed by atoms with Crippen LogP contribution in [0, 0.1) is 6.92 Å². The fraction of sp³-hybridized carbons (Fsp3) is 0.333. The molecule has 3 aromatic carbocycles. The Morgan fingerprint density at radius 1 is 0.608 bits per heavy atom. The van der Waals surface area contributed by atoms with E-state index in [0.29, 0.717) is 23.3 Å². The molecule has 0 atom stereocenters. The summed E-state index contributed by atoms with van der Waals surface area (Å²) in [6.07, 6.45) is 5.96. The highest BCUT2D eigenvalue weighted by Gasteiger charge is 2.26. The van der Waals surface area contributed by atoms with Crippen molar-refractivity contribution in [2.45, 2.75) is 45.4 Å². The summed E-state index contributed by atoms with van der Waals surface area (Å²) in [6.45, 7) is 6.62. The number of ether oxygens (including phenoxy) is 5. The molecule has 0 bridgehead atoms. The molecule has 51 heavy (non-hydrogen) atoms. The van der Waals surface area contributed by atoms with Crippen molar-refractivity contribution in [3.63, 3.8) is 0 Å². The minimum absolute atomic E-state index is 0.444. The highest BCUT2D eigenvalue weighted by atomic mass is 16.5. The van der Waals surface area contributed by atoms with E-state index in [1.165, 1.54) is 16.7 Å². The van der Waals surface area contributed by atoms with E-state index in [0.717, 1.165) is 85.1 Å². The van der Waals surface area contributed by atoms with Gasteiger partial charge in [0.2, 0.25) is 5.75 Å². The second-order valence-electron chi connectivity index (χ2n) is 12.9. The van der Waals surface area contributed by atoms with Crippen molar-refractivity contribution in [1.82, 2.24) is 19.8 Å². The average Bonchev–Trinajstić information content (AvgIpc) is 3.18. The van der Waals surface area contributed by atoms with Gasteiger partial charge in [-0.3, -0.25) is 19.8 Å². The highest BCUT2D eigenvalue weighted by molar-refractivity contribution is 5.69. The maximum Gasteiger partial charge on any atom is 0.203 e. The van der Waals surface area contributed by atoms with Crippen LogP contribution in [-0.4, -0.2) is 74.4 Å². The average molecular weight is 689 g/mol. The van der Waals surface area contributed by atoms with Crippen LogP contribution in [-0.2, 0) is 19.6 Å². The zero-order valence-corrected chi connectivity index (χ0v) is 30.5. The second-order valence-corrected chi connectivity index (χ2v) is 12.9. The first-order valence-corrected chi connectivity index (χ1v) is 17.4. The second kappa shape index (κ2) is 16.7. The van der Waals surface area contributed by atoms with Gasteiger partial charge in [-0.15, -0.1) is 0 Å². The van der Waals surface area contributed by atoms with Crippen LogP contribution < -0.4 is 23.7 Å². The molecule has 0 radical (unpaired) electrons. The zero-order chi connectivity index (χ0) is 35.7. The normalized spacial score (nSPS) is 13.6. The number of pyridine rings is 2. The number of benzene rings is 3. The van der Waals surface area contributed by atoms with Gasteiger partial charge in [-0.2, -0.15) is 0 Å². The molecule has 1 aliphatic rings. The minimum Gasteiger partial charge on any atom is -0.496 e. The Kier molecular flexibility index (Phi) is 11.7. The summed E-state index contributed by atoms with van der Waals surface area (Å²) in [5, 5.41) is 0. The van der Waals surface area contributed by atoms with E-state index in [2.05, 4.69) is 69.4 Å². The smallest absolute Gasteiger partial charge is 0.203 e. The number of methoxy groups -OCH3 is 5. The third kappa shape index (κ3) is 8.44. The zero-order valence-electron chi connectivity index (χ0n) is 30.5. The number of hydrogen-bond acceptors (Lipinski definition) is 9. The maximum atomic E-state index is 5.62. The predicted molar refractivity (Wildman–Crippen MR) is 201 cm³/mol. The SMILES string of the molecule is COc1cc(-c2cc(CN3CCC(N(Cc4ccccc4)Cc4ccnc(-c5cc(OC)c(OC)c(OC)c5)c4)CC3)ccn2)cc(OC)c1C. The third-order valence-electron chi connectivity index (χ3n) is 9.75. The first kappa shape index (κ1) is 35.7. The van der Waals surface area contributed by atoms with Gasteiger partial charge in [-0.05, 0) is 98.1 Å². The minimum atomic E-state index is 0.444. The van der Waals surface area contributed by atoms with Gasteiger partial charge in [0.15, 0.2) is 11.5 Å². The van der Waals surface area contributed by atoms with Crippen LogP contribution >= 0.6 is 0 Å². The molecule has 1 fully saturated rings. The van der Waals surface area contributed by atoms with Gasteiger partial charge in [0.25, 0.3) is 0 Å². The van der Waals surface area contributed by atoms with Crippen molar-refractivity contribution in [2.24, 2.45) is 0 Å². The van der Waals surface area contributed by atoms with Crippen LogP contribution in [0.1, 0.15) is 35.1 Å². The molecule has 9 nitrogen and oxygen atoms in total. The summed E-state index contributed by atoms with van der Waals surface area (Å²) >= 11 is 0. The lowest BCUT2D eigenvalue weighted by atomic mass is 10.00. The lowest BCUT2D eigenvalue weighted by molar-refractivity contribution is 0.0933. The molecule has 0 amide bonds. The number of piperidine rings is 1. The molecule has 5 aromatic rings. The molecule has 0 aliphatic carbocycles. The van der Waals surface area contributed by atoms with Crippen molar-refractivity contribution in [2.75, 3.05) is 48.6 Å². The van der Waals surface area contributed by atoms with Crippen molar-refractivity contribution in [3.8, 4) is 51.3 Å². The molecule has 2 aromatic heterocycles. The molecule has 0 unspecified atom stereocenters. The maximum absolute atomic E-state index is 5.62. The first-order valence-electron chi connectivity index (χ1n) is 17.4. The number of aromatic nitrogens is 2. The lowest BCUT2D eigenvalue weighted by Crippen LogP contribution is -2.44. The van der Waals surface area contributed by atoms with Crippen molar-refractivity contribution < 1.29 is 23.7 Å². The van der Waals surface area contributed by atoms with E-state index in [4.69, 9.17) is 28.7 Å². The van der Waals surface area contributed by atoms with Crippen LogP contribution in [0.2, 0.25) is 0 Å². The van der Waals surface area contributed by atoms with Crippen LogP contribution in [0.5, 0.6) is 28.7 Å². The Bertz CT molecular complexity index is 1860. The molecule has 1 saturated heterocycles. The standard InChI is InChI=1S/C42H48N4O5/c1-29-38(47-2)22-33(23-39(29)48-3)36-20-31(12-16-43-36)26-45-18-14-35(15-19-45)46(27-30-10-8-7-9-11-30)28-32-13-17-44-37(21-32)34-24-40(49-4)42(51-6)41(25-34)50-5/h7-13,16-17,20-25,35H,14-15,18-19,26-28H2,1-6H3.